The second-order valence-corrected chi connectivity index (χ2v) is 6.08. The molecule has 2 rings (SSSR count). The van der Waals surface area contributed by atoms with E-state index in [1.165, 1.54) is 6.07 Å². The third kappa shape index (κ3) is 3.11. The average Bonchev–Trinajstić information content (AvgIpc) is 2.35. The second kappa shape index (κ2) is 5.68. The largest absolute Gasteiger partial charge is 0.374 e. The molecular weight excluding hydrogens is 297 g/mol. The van der Waals surface area contributed by atoms with E-state index in [1.807, 2.05) is 6.92 Å². The minimum Gasteiger partial charge on any atom is -0.374 e. The van der Waals surface area contributed by atoms with Crippen molar-refractivity contribution in [3.8, 4) is 0 Å². The van der Waals surface area contributed by atoms with Gasteiger partial charge < -0.3 is 10.5 Å². The van der Waals surface area contributed by atoms with Gasteiger partial charge in [-0.05, 0) is 56.4 Å². The summed E-state index contributed by atoms with van der Waals surface area (Å²) in [4.78, 5) is 0. The molecule has 0 amide bonds. The van der Waals surface area contributed by atoms with Gasteiger partial charge in [-0.25, -0.2) is 4.39 Å². The standard InChI is InChI=1S/C14H19BrFNO/c1-14(6-2-3-7-18-14)13(17)9-10-8-11(15)4-5-12(10)16/h4-5,8,13H,2-3,6-7,9,17H2,1H3. The lowest BCUT2D eigenvalue weighted by Gasteiger charge is -2.39. The predicted molar refractivity (Wildman–Crippen MR) is 74.0 cm³/mol. The van der Waals surface area contributed by atoms with Gasteiger partial charge in [-0.2, -0.15) is 0 Å². The van der Waals surface area contributed by atoms with Crippen LogP contribution in [0.1, 0.15) is 31.7 Å². The van der Waals surface area contributed by atoms with Gasteiger partial charge in [0, 0.05) is 17.1 Å². The number of rotatable bonds is 3. The Bertz CT molecular complexity index is 418. The van der Waals surface area contributed by atoms with Crippen molar-refractivity contribution >= 4 is 15.9 Å². The van der Waals surface area contributed by atoms with Crippen LogP contribution in [0.2, 0.25) is 0 Å². The monoisotopic (exact) mass is 315 g/mol. The zero-order valence-electron chi connectivity index (χ0n) is 10.6. The van der Waals surface area contributed by atoms with Crippen LogP contribution in [0.4, 0.5) is 4.39 Å². The molecule has 100 valence electrons. The molecule has 1 aliphatic rings. The van der Waals surface area contributed by atoms with Crippen molar-refractivity contribution in [2.75, 3.05) is 6.61 Å². The maximum absolute atomic E-state index is 13.7. The number of hydrogen-bond donors (Lipinski definition) is 1. The quantitative estimate of drug-likeness (QED) is 0.927. The summed E-state index contributed by atoms with van der Waals surface area (Å²) in [6, 6.07) is 4.78. The molecule has 4 heteroatoms. The Labute approximate surface area is 116 Å². The molecule has 1 aliphatic heterocycles. The Morgan fingerprint density at radius 2 is 2.28 bits per heavy atom. The number of hydrogen-bond acceptors (Lipinski definition) is 2. The van der Waals surface area contributed by atoms with Gasteiger partial charge in [-0.3, -0.25) is 0 Å². The second-order valence-electron chi connectivity index (χ2n) is 5.16. The Balaban J connectivity index is 2.10. The Kier molecular flexibility index (Phi) is 4.41. The molecule has 0 bridgehead atoms. The van der Waals surface area contributed by atoms with Crippen LogP contribution in [-0.4, -0.2) is 18.2 Å². The molecule has 1 aromatic carbocycles. The van der Waals surface area contributed by atoms with Gasteiger partial charge in [-0.15, -0.1) is 0 Å². The van der Waals surface area contributed by atoms with Crippen LogP contribution in [-0.2, 0) is 11.2 Å². The lowest BCUT2D eigenvalue weighted by Crippen LogP contribution is -2.50. The molecule has 1 heterocycles. The number of halogens is 2. The number of nitrogens with two attached hydrogens (primary N) is 1. The van der Waals surface area contributed by atoms with Gasteiger partial charge in [0.05, 0.1) is 5.60 Å². The van der Waals surface area contributed by atoms with E-state index >= 15 is 0 Å². The maximum atomic E-state index is 13.7. The molecular formula is C14H19BrFNO. The molecule has 0 aromatic heterocycles. The van der Waals surface area contributed by atoms with Gasteiger partial charge in [0.2, 0.25) is 0 Å². The first-order chi connectivity index (χ1) is 8.51. The Hall–Kier alpha value is -0.450. The molecule has 1 saturated heterocycles. The zero-order chi connectivity index (χ0) is 13.2. The fourth-order valence-corrected chi connectivity index (χ4v) is 2.81. The SMILES string of the molecule is CC1(C(N)Cc2cc(Br)ccc2F)CCCCO1. The summed E-state index contributed by atoms with van der Waals surface area (Å²) in [5.41, 5.74) is 6.55. The highest BCUT2D eigenvalue weighted by Gasteiger charge is 2.34. The van der Waals surface area contributed by atoms with Crippen LogP contribution in [0.15, 0.2) is 22.7 Å². The van der Waals surface area contributed by atoms with E-state index in [-0.39, 0.29) is 17.5 Å². The maximum Gasteiger partial charge on any atom is 0.126 e. The molecule has 2 unspecified atom stereocenters. The summed E-state index contributed by atoms with van der Waals surface area (Å²) < 4.78 is 20.4. The summed E-state index contributed by atoms with van der Waals surface area (Å²) in [5.74, 6) is -0.201. The Morgan fingerprint density at radius 1 is 1.50 bits per heavy atom. The van der Waals surface area contributed by atoms with Crippen LogP contribution in [0, 0.1) is 5.82 Å². The van der Waals surface area contributed by atoms with E-state index in [4.69, 9.17) is 10.5 Å². The van der Waals surface area contributed by atoms with Crippen molar-refractivity contribution in [3.05, 3.63) is 34.1 Å². The molecule has 0 saturated carbocycles. The van der Waals surface area contributed by atoms with Crippen molar-refractivity contribution in [2.24, 2.45) is 5.73 Å². The van der Waals surface area contributed by atoms with E-state index < -0.39 is 0 Å². The van der Waals surface area contributed by atoms with Crippen LogP contribution in [0.3, 0.4) is 0 Å². The first-order valence-electron chi connectivity index (χ1n) is 6.35. The third-order valence-corrected chi connectivity index (χ3v) is 4.22. The van der Waals surface area contributed by atoms with Crippen molar-refractivity contribution in [3.63, 3.8) is 0 Å². The van der Waals surface area contributed by atoms with Crippen LogP contribution >= 0.6 is 15.9 Å². The average molecular weight is 316 g/mol. The van der Waals surface area contributed by atoms with Crippen molar-refractivity contribution < 1.29 is 9.13 Å². The smallest absolute Gasteiger partial charge is 0.126 e. The third-order valence-electron chi connectivity index (χ3n) is 3.73. The van der Waals surface area contributed by atoms with E-state index in [0.717, 1.165) is 30.3 Å². The van der Waals surface area contributed by atoms with Gasteiger partial charge in [-0.1, -0.05) is 15.9 Å². The first kappa shape index (κ1) is 14.0. The normalized spacial score (nSPS) is 26.0. The van der Waals surface area contributed by atoms with Gasteiger partial charge in [0.15, 0.2) is 0 Å². The number of ether oxygens (including phenoxy) is 1. The van der Waals surface area contributed by atoms with Crippen molar-refractivity contribution in [1.29, 1.82) is 0 Å². The van der Waals surface area contributed by atoms with Crippen molar-refractivity contribution in [2.45, 2.75) is 44.2 Å². The summed E-state index contributed by atoms with van der Waals surface area (Å²) in [6.07, 6.45) is 3.67. The lowest BCUT2D eigenvalue weighted by atomic mass is 9.85. The number of benzene rings is 1. The minimum atomic E-state index is -0.326. The minimum absolute atomic E-state index is 0.179. The van der Waals surface area contributed by atoms with E-state index in [0.29, 0.717) is 12.0 Å². The lowest BCUT2D eigenvalue weighted by molar-refractivity contribution is -0.0809. The van der Waals surface area contributed by atoms with E-state index in [9.17, 15) is 4.39 Å². The molecule has 1 fully saturated rings. The highest BCUT2D eigenvalue weighted by Crippen LogP contribution is 2.29. The topological polar surface area (TPSA) is 35.2 Å². The van der Waals surface area contributed by atoms with Crippen LogP contribution < -0.4 is 5.73 Å². The fraction of sp³-hybridized carbons (Fsp3) is 0.571. The van der Waals surface area contributed by atoms with Crippen LogP contribution in [0.5, 0.6) is 0 Å². The molecule has 2 atom stereocenters. The molecule has 0 aliphatic carbocycles. The molecule has 0 spiro atoms. The Morgan fingerprint density at radius 3 is 2.94 bits per heavy atom. The highest BCUT2D eigenvalue weighted by atomic mass is 79.9. The fourth-order valence-electron chi connectivity index (χ4n) is 2.40. The van der Waals surface area contributed by atoms with Crippen molar-refractivity contribution in [1.82, 2.24) is 0 Å². The summed E-state index contributed by atoms with van der Waals surface area (Å²) in [6.45, 7) is 2.79. The predicted octanol–water partition coefficient (Wildman–Crippen LogP) is 3.42. The molecule has 0 radical (unpaired) electrons. The first-order valence-corrected chi connectivity index (χ1v) is 7.14. The summed E-state index contributed by atoms with van der Waals surface area (Å²) >= 11 is 3.36. The summed E-state index contributed by atoms with van der Waals surface area (Å²) in [7, 11) is 0. The van der Waals surface area contributed by atoms with Gasteiger partial charge in [0.25, 0.3) is 0 Å². The van der Waals surface area contributed by atoms with E-state index in [1.54, 1.807) is 12.1 Å². The summed E-state index contributed by atoms with van der Waals surface area (Å²) in [5, 5.41) is 0. The van der Waals surface area contributed by atoms with Gasteiger partial charge in [0.1, 0.15) is 5.82 Å². The van der Waals surface area contributed by atoms with Gasteiger partial charge >= 0.3 is 0 Å². The van der Waals surface area contributed by atoms with E-state index in [2.05, 4.69) is 15.9 Å². The molecule has 2 N–H and O–H groups in total. The molecule has 1 aromatic rings. The zero-order valence-corrected chi connectivity index (χ0v) is 12.2. The molecule has 18 heavy (non-hydrogen) atoms. The highest BCUT2D eigenvalue weighted by molar-refractivity contribution is 9.10. The van der Waals surface area contributed by atoms with Crippen LogP contribution in [0.25, 0.3) is 0 Å². The molecule has 2 nitrogen and oxygen atoms in total.